The fourth-order valence-electron chi connectivity index (χ4n) is 3.45. The summed E-state index contributed by atoms with van der Waals surface area (Å²) in [5.74, 6) is -1.00. The number of nitrogens with one attached hydrogen (secondary N) is 1. The van der Waals surface area contributed by atoms with E-state index in [2.05, 4.69) is 5.48 Å². The smallest absolute Gasteiger partial charge is 0.335 e. The third-order valence-corrected chi connectivity index (χ3v) is 4.64. The van der Waals surface area contributed by atoms with Gasteiger partial charge in [-0.25, -0.2) is 4.79 Å². The van der Waals surface area contributed by atoms with E-state index in [9.17, 15) is 14.8 Å². The quantitative estimate of drug-likeness (QED) is 0.747. The van der Waals surface area contributed by atoms with Crippen molar-refractivity contribution < 1.29 is 19.9 Å². The van der Waals surface area contributed by atoms with Gasteiger partial charge in [0, 0.05) is 18.7 Å². The van der Waals surface area contributed by atoms with E-state index < -0.39 is 5.97 Å². The van der Waals surface area contributed by atoms with Crippen LogP contribution in [0.3, 0.4) is 0 Å². The maximum absolute atomic E-state index is 12.0. The van der Waals surface area contributed by atoms with Gasteiger partial charge in [0.1, 0.15) is 0 Å². The topological polar surface area (TPSA) is 89.9 Å². The van der Waals surface area contributed by atoms with Crippen molar-refractivity contribution in [2.45, 2.75) is 32.4 Å². The Balaban J connectivity index is 2.05. The van der Waals surface area contributed by atoms with Gasteiger partial charge in [0.05, 0.1) is 11.6 Å². The highest BCUT2D eigenvalue weighted by Gasteiger charge is 2.32. The molecule has 1 heterocycles. The molecule has 0 saturated heterocycles. The van der Waals surface area contributed by atoms with Crippen LogP contribution in [0.4, 0.5) is 5.69 Å². The predicted molar refractivity (Wildman–Crippen MR) is 93.7 cm³/mol. The third-order valence-electron chi connectivity index (χ3n) is 4.64. The molecular weight excluding hydrogens is 320 g/mol. The van der Waals surface area contributed by atoms with Crippen LogP contribution in [0.5, 0.6) is 0 Å². The molecule has 6 nitrogen and oxygen atoms in total. The Labute approximate surface area is 145 Å². The van der Waals surface area contributed by atoms with E-state index in [1.165, 1.54) is 6.92 Å². The van der Waals surface area contributed by atoms with Crippen LogP contribution in [0.2, 0.25) is 0 Å². The summed E-state index contributed by atoms with van der Waals surface area (Å²) in [6.45, 7) is 3.48. The fraction of sp³-hybridized carbons (Fsp3) is 0.263. The number of amides is 1. The van der Waals surface area contributed by atoms with Crippen LogP contribution in [0.15, 0.2) is 42.5 Å². The van der Waals surface area contributed by atoms with E-state index in [1.54, 1.807) is 29.2 Å². The first-order valence-electron chi connectivity index (χ1n) is 8.09. The second kappa shape index (κ2) is 6.66. The summed E-state index contributed by atoms with van der Waals surface area (Å²) in [6, 6.07) is 12.0. The molecule has 0 fully saturated rings. The number of aromatic carboxylic acids is 1. The van der Waals surface area contributed by atoms with Crippen LogP contribution in [-0.4, -0.2) is 28.2 Å². The number of fused-ring (bicyclic) bond motifs is 1. The number of anilines is 1. The average Bonchev–Trinajstić information content (AvgIpc) is 2.60. The highest BCUT2D eigenvalue weighted by molar-refractivity contribution is 5.94. The third kappa shape index (κ3) is 3.14. The molecule has 0 aliphatic carbocycles. The first-order valence-corrected chi connectivity index (χ1v) is 8.09. The van der Waals surface area contributed by atoms with Crippen molar-refractivity contribution in [1.82, 2.24) is 5.48 Å². The zero-order valence-electron chi connectivity index (χ0n) is 14.1. The van der Waals surface area contributed by atoms with Crippen molar-refractivity contribution in [2.75, 3.05) is 4.90 Å². The molecule has 1 aliphatic heterocycles. The number of rotatable bonds is 3. The number of nitrogens with zero attached hydrogens (tertiary/aromatic N) is 1. The number of carboxylic acids is 1. The Bertz CT molecular complexity index is 817. The Morgan fingerprint density at radius 3 is 2.32 bits per heavy atom. The fourth-order valence-corrected chi connectivity index (χ4v) is 3.45. The molecule has 0 saturated carbocycles. The van der Waals surface area contributed by atoms with Crippen molar-refractivity contribution in [3.8, 4) is 11.1 Å². The van der Waals surface area contributed by atoms with E-state index in [4.69, 9.17) is 5.11 Å². The number of hydroxylamine groups is 1. The van der Waals surface area contributed by atoms with Crippen molar-refractivity contribution >= 4 is 17.6 Å². The van der Waals surface area contributed by atoms with E-state index >= 15 is 0 Å². The zero-order valence-corrected chi connectivity index (χ0v) is 14.1. The number of hydrogen-bond acceptors (Lipinski definition) is 4. The van der Waals surface area contributed by atoms with Crippen LogP contribution < -0.4 is 10.4 Å². The molecule has 1 amide bonds. The van der Waals surface area contributed by atoms with Gasteiger partial charge in [-0.1, -0.05) is 18.2 Å². The van der Waals surface area contributed by atoms with Gasteiger partial charge in [-0.2, -0.15) is 5.48 Å². The second-order valence-corrected chi connectivity index (χ2v) is 6.31. The van der Waals surface area contributed by atoms with E-state index in [-0.39, 0.29) is 23.6 Å². The van der Waals surface area contributed by atoms with Gasteiger partial charge in [-0.05, 0) is 54.3 Å². The normalized spacial score (nSPS) is 19.4. The molecule has 0 bridgehead atoms. The average molecular weight is 340 g/mol. The van der Waals surface area contributed by atoms with E-state index in [0.29, 0.717) is 6.42 Å². The summed E-state index contributed by atoms with van der Waals surface area (Å²) < 4.78 is 0. The first kappa shape index (κ1) is 17.1. The van der Waals surface area contributed by atoms with Crippen molar-refractivity contribution in [1.29, 1.82) is 0 Å². The van der Waals surface area contributed by atoms with Crippen LogP contribution in [0, 0.1) is 0 Å². The van der Waals surface area contributed by atoms with Crippen molar-refractivity contribution in [3.63, 3.8) is 0 Å². The summed E-state index contributed by atoms with van der Waals surface area (Å²) in [7, 11) is 0. The lowest BCUT2D eigenvalue weighted by Gasteiger charge is -2.38. The van der Waals surface area contributed by atoms with Gasteiger partial charge in [0.15, 0.2) is 0 Å². The maximum Gasteiger partial charge on any atom is 0.335 e. The lowest BCUT2D eigenvalue weighted by atomic mass is 9.89. The number of benzene rings is 2. The Hall–Kier alpha value is -2.70. The summed E-state index contributed by atoms with van der Waals surface area (Å²) >= 11 is 0. The van der Waals surface area contributed by atoms with Gasteiger partial charge >= 0.3 is 5.97 Å². The monoisotopic (exact) mass is 340 g/mol. The highest BCUT2D eigenvalue weighted by Crippen LogP contribution is 2.39. The minimum absolute atomic E-state index is 0.0182. The summed E-state index contributed by atoms with van der Waals surface area (Å²) in [6.07, 6.45) is 0.602. The minimum Gasteiger partial charge on any atom is -0.478 e. The molecular formula is C19H20N2O4. The van der Waals surface area contributed by atoms with Gasteiger partial charge in [-0.3, -0.25) is 4.79 Å². The summed E-state index contributed by atoms with van der Waals surface area (Å²) in [5.41, 5.74) is 5.96. The predicted octanol–water partition coefficient (Wildman–Crippen LogP) is 3.22. The molecule has 3 N–H and O–H groups in total. The lowest BCUT2D eigenvalue weighted by molar-refractivity contribution is -0.117. The summed E-state index contributed by atoms with van der Waals surface area (Å²) in [5, 5.41) is 18.5. The molecule has 2 aromatic rings. The SMILES string of the molecule is CC(=O)N1c2ccc(-c3ccc(C(=O)O)cc3)cc2C(NO)CC1C. The largest absolute Gasteiger partial charge is 0.478 e. The minimum atomic E-state index is -0.965. The zero-order chi connectivity index (χ0) is 18.1. The molecule has 2 aromatic carbocycles. The van der Waals surface area contributed by atoms with Crippen molar-refractivity contribution in [3.05, 3.63) is 53.6 Å². The van der Waals surface area contributed by atoms with Crippen molar-refractivity contribution in [2.24, 2.45) is 0 Å². The van der Waals surface area contributed by atoms with Gasteiger partial charge in [0.2, 0.25) is 5.91 Å². The number of carbonyl (C=O) groups excluding carboxylic acids is 1. The van der Waals surface area contributed by atoms with Crippen LogP contribution in [0.1, 0.15) is 42.2 Å². The Kier molecular flexibility index (Phi) is 4.57. The molecule has 2 atom stereocenters. The molecule has 0 aromatic heterocycles. The van der Waals surface area contributed by atoms with Gasteiger partial charge in [0.25, 0.3) is 0 Å². The first-order chi connectivity index (χ1) is 11.9. The van der Waals surface area contributed by atoms with Gasteiger partial charge < -0.3 is 15.2 Å². The Morgan fingerprint density at radius 2 is 1.76 bits per heavy atom. The summed E-state index contributed by atoms with van der Waals surface area (Å²) in [4.78, 5) is 24.7. The molecule has 130 valence electrons. The molecule has 25 heavy (non-hydrogen) atoms. The molecule has 0 spiro atoms. The maximum atomic E-state index is 12.0. The van der Waals surface area contributed by atoms with E-state index in [1.807, 2.05) is 25.1 Å². The lowest BCUT2D eigenvalue weighted by Crippen LogP contribution is -2.44. The van der Waals surface area contributed by atoms with Crippen LogP contribution in [-0.2, 0) is 4.79 Å². The van der Waals surface area contributed by atoms with E-state index in [0.717, 1.165) is 22.4 Å². The number of carboxylic acid groups (broad SMARTS) is 1. The van der Waals surface area contributed by atoms with Crippen LogP contribution >= 0.6 is 0 Å². The highest BCUT2D eigenvalue weighted by atomic mass is 16.5. The van der Waals surface area contributed by atoms with Gasteiger partial charge in [-0.15, -0.1) is 0 Å². The molecule has 6 heteroatoms. The molecule has 0 radical (unpaired) electrons. The standard InChI is InChI=1S/C19H20N2O4/c1-11-9-17(20-25)16-10-15(7-8-18(16)21(11)12(2)22)13-3-5-14(6-4-13)19(23)24/h3-8,10-11,17,20,25H,9H2,1-2H3,(H,23,24). The molecule has 1 aliphatic rings. The molecule has 2 unspecified atom stereocenters. The number of carbonyl (C=O) groups is 2. The molecule has 3 rings (SSSR count). The number of hydrogen-bond donors (Lipinski definition) is 3. The Morgan fingerprint density at radius 1 is 1.12 bits per heavy atom. The van der Waals surface area contributed by atoms with Crippen LogP contribution in [0.25, 0.3) is 11.1 Å². The second-order valence-electron chi connectivity index (χ2n) is 6.31.